The molecule has 0 fully saturated rings. The Hall–Kier alpha value is -4.68. The van der Waals surface area contributed by atoms with Gasteiger partial charge in [0.1, 0.15) is 0 Å². The molecule has 0 unspecified atom stereocenters. The summed E-state index contributed by atoms with van der Waals surface area (Å²) in [5.41, 5.74) is 10.2. The normalized spacial score (nSPS) is 11.9. The molecule has 4 aromatic carbocycles. The van der Waals surface area contributed by atoms with Crippen LogP contribution in [0.15, 0.2) is 120 Å². The standard InChI is InChI=1S/C28H22N3O.C18H24NSi.Ir/c1-28(2,3)18-13-15-19(16-14-18)31-24-12-5-4-11-23(24)30-26(31)22-9-6-8-20-21-10-7-17-29-27(21)32-25(20)22;1-14(2)11-16-12-17(15-9-7-6-8-10-15)19-13-18(16)20(3,4)5;/h4-8,10-17H,1-3H3;6-9,12-14H,11H2,1-5H3;/q2*-1;. The molecule has 0 atom stereocenters. The van der Waals surface area contributed by atoms with Gasteiger partial charge in [-0.25, -0.2) is 4.98 Å². The van der Waals surface area contributed by atoms with Crippen LogP contribution in [0.3, 0.4) is 0 Å². The molecule has 0 saturated heterocycles. The van der Waals surface area contributed by atoms with E-state index in [1.54, 1.807) is 6.20 Å². The van der Waals surface area contributed by atoms with Crippen LogP contribution in [0.1, 0.15) is 45.7 Å². The molecule has 0 amide bonds. The van der Waals surface area contributed by atoms with Crippen LogP contribution in [0, 0.1) is 18.1 Å². The van der Waals surface area contributed by atoms with Gasteiger partial charge in [-0.2, -0.15) is 0 Å². The zero-order chi connectivity index (χ0) is 36.6. The van der Waals surface area contributed by atoms with Crippen LogP contribution in [0.2, 0.25) is 19.6 Å². The van der Waals surface area contributed by atoms with Gasteiger partial charge in [-0.05, 0) is 70.6 Å². The van der Waals surface area contributed by atoms with Crippen LogP contribution < -0.4 is 5.19 Å². The van der Waals surface area contributed by atoms with E-state index in [1.165, 1.54) is 16.3 Å². The first-order valence-corrected chi connectivity index (χ1v) is 21.6. The van der Waals surface area contributed by atoms with Gasteiger partial charge in [-0.1, -0.05) is 101 Å². The number of rotatable bonds is 6. The number of imidazole rings is 1. The SMILES string of the molecule is CC(C)(C)c1ccc(-n2c(-c3[c-]ccc4c3oc3ncccc34)nc3ccccc32)cc1.CC(C)Cc1cc(-c2[c-]cccc2)ncc1[Si](C)(C)C.[Ir]. The second kappa shape index (κ2) is 15.4. The van der Waals surface area contributed by atoms with E-state index in [1.807, 2.05) is 60.7 Å². The summed E-state index contributed by atoms with van der Waals surface area (Å²) in [5.74, 6) is 1.47. The van der Waals surface area contributed by atoms with E-state index in [4.69, 9.17) is 9.40 Å². The van der Waals surface area contributed by atoms with Gasteiger partial charge in [-0.3, -0.25) is 4.98 Å². The predicted molar refractivity (Wildman–Crippen MR) is 219 cm³/mol. The fourth-order valence-corrected chi connectivity index (χ4v) is 8.38. The predicted octanol–water partition coefficient (Wildman–Crippen LogP) is 11.4. The summed E-state index contributed by atoms with van der Waals surface area (Å²) in [4.78, 5) is 14.1. The van der Waals surface area contributed by atoms with Crippen LogP contribution in [0.25, 0.3) is 61.4 Å². The van der Waals surface area contributed by atoms with E-state index < -0.39 is 8.07 Å². The molecule has 0 aliphatic heterocycles. The number of hydrogen-bond donors (Lipinski definition) is 0. The molecule has 0 aliphatic rings. The van der Waals surface area contributed by atoms with Crippen molar-refractivity contribution in [1.82, 2.24) is 19.5 Å². The van der Waals surface area contributed by atoms with Crippen LogP contribution in [0.5, 0.6) is 0 Å². The van der Waals surface area contributed by atoms with Crippen molar-refractivity contribution in [1.29, 1.82) is 0 Å². The largest absolute Gasteiger partial charge is 0.486 e. The van der Waals surface area contributed by atoms with E-state index in [2.05, 4.69) is 130 Å². The summed E-state index contributed by atoms with van der Waals surface area (Å²) in [5, 5.41) is 3.50. The molecule has 271 valence electrons. The van der Waals surface area contributed by atoms with E-state index >= 15 is 0 Å². The van der Waals surface area contributed by atoms with Gasteiger partial charge >= 0.3 is 0 Å². The van der Waals surface area contributed by atoms with Gasteiger partial charge in [0.15, 0.2) is 0 Å². The Bertz CT molecular complexity index is 2490. The average molecular weight is 891 g/mol. The first kappa shape index (κ1) is 38.1. The second-order valence-corrected chi connectivity index (χ2v) is 21.0. The number of nitrogens with zero attached hydrogens (tertiary/aromatic N) is 4. The van der Waals surface area contributed by atoms with Crippen LogP contribution >= 0.6 is 0 Å². The van der Waals surface area contributed by atoms with Gasteiger partial charge in [0.2, 0.25) is 5.71 Å². The molecule has 0 saturated carbocycles. The fourth-order valence-electron chi connectivity index (χ4n) is 6.79. The smallest absolute Gasteiger partial charge is 0.216 e. The Balaban J connectivity index is 0.000000199. The number of para-hydroxylation sites is 2. The average Bonchev–Trinajstić information content (AvgIpc) is 3.70. The molecule has 0 aliphatic carbocycles. The molecule has 8 rings (SSSR count). The number of pyridine rings is 2. The summed E-state index contributed by atoms with van der Waals surface area (Å²) in [7, 11) is -1.34. The second-order valence-electron chi connectivity index (χ2n) is 16.0. The number of furan rings is 1. The molecule has 53 heavy (non-hydrogen) atoms. The quantitative estimate of drug-likeness (QED) is 0.123. The van der Waals surface area contributed by atoms with Gasteiger partial charge < -0.3 is 14.0 Å². The van der Waals surface area contributed by atoms with Crippen molar-refractivity contribution < 1.29 is 24.5 Å². The third kappa shape index (κ3) is 7.98. The summed E-state index contributed by atoms with van der Waals surface area (Å²) >= 11 is 0. The minimum Gasteiger partial charge on any atom is -0.486 e. The molecular formula is C46H46IrN4OSi-2. The van der Waals surface area contributed by atoms with Gasteiger partial charge in [-0.15, -0.1) is 54.1 Å². The number of aromatic nitrogens is 4. The molecule has 4 heterocycles. The Morgan fingerprint density at radius 2 is 1.57 bits per heavy atom. The third-order valence-electron chi connectivity index (χ3n) is 9.40. The topological polar surface area (TPSA) is 56.7 Å². The maximum atomic E-state index is 6.19. The maximum Gasteiger partial charge on any atom is 0.216 e. The van der Waals surface area contributed by atoms with Gasteiger partial charge in [0.25, 0.3) is 0 Å². The van der Waals surface area contributed by atoms with Crippen molar-refractivity contribution in [3.8, 4) is 28.3 Å². The minimum absolute atomic E-state index is 0. The van der Waals surface area contributed by atoms with Crippen molar-refractivity contribution in [2.24, 2.45) is 5.92 Å². The summed E-state index contributed by atoms with van der Waals surface area (Å²) in [6.45, 7) is 18.4. The summed E-state index contributed by atoms with van der Waals surface area (Å²) in [6.07, 6.45) is 4.99. The molecule has 4 aromatic heterocycles. The van der Waals surface area contributed by atoms with E-state index in [0.717, 1.165) is 62.1 Å². The summed E-state index contributed by atoms with van der Waals surface area (Å²) in [6, 6.07) is 41.9. The maximum absolute atomic E-state index is 6.19. The van der Waals surface area contributed by atoms with Crippen molar-refractivity contribution in [2.75, 3.05) is 0 Å². The van der Waals surface area contributed by atoms with Crippen molar-refractivity contribution in [3.05, 3.63) is 139 Å². The van der Waals surface area contributed by atoms with E-state index in [-0.39, 0.29) is 25.5 Å². The van der Waals surface area contributed by atoms with Crippen molar-refractivity contribution >= 4 is 46.4 Å². The van der Waals surface area contributed by atoms with Gasteiger partial charge in [0.05, 0.1) is 30.5 Å². The molecule has 0 spiro atoms. The molecule has 5 nitrogen and oxygen atoms in total. The van der Waals surface area contributed by atoms with Crippen LogP contribution in [0.4, 0.5) is 0 Å². The Morgan fingerprint density at radius 1 is 0.811 bits per heavy atom. The zero-order valence-electron chi connectivity index (χ0n) is 31.8. The number of fused-ring (bicyclic) bond motifs is 4. The summed E-state index contributed by atoms with van der Waals surface area (Å²) < 4.78 is 8.38. The third-order valence-corrected chi connectivity index (χ3v) is 11.5. The zero-order valence-corrected chi connectivity index (χ0v) is 35.2. The number of hydrogen-bond acceptors (Lipinski definition) is 4. The minimum atomic E-state index is -1.34. The van der Waals surface area contributed by atoms with Gasteiger partial charge in [0, 0.05) is 43.6 Å². The first-order chi connectivity index (χ1) is 24.9. The molecule has 0 bridgehead atoms. The van der Waals surface area contributed by atoms with Crippen LogP contribution in [-0.2, 0) is 31.9 Å². The fraction of sp³-hybridized carbons (Fsp3) is 0.239. The van der Waals surface area contributed by atoms with Crippen molar-refractivity contribution in [2.45, 2.75) is 66.1 Å². The number of benzene rings is 4. The first-order valence-electron chi connectivity index (χ1n) is 18.1. The molecule has 1 radical (unpaired) electrons. The molecular weight excluding hydrogens is 845 g/mol. The van der Waals surface area contributed by atoms with E-state index in [0.29, 0.717) is 11.6 Å². The van der Waals surface area contributed by atoms with E-state index in [9.17, 15) is 0 Å². The Morgan fingerprint density at radius 3 is 2.26 bits per heavy atom. The van der Waals surface area contributed by atoms with Crippen LogP contribution in [-0.4, -0.2) is 27.6 Å². The Kier molecular flexibility index (Phi) is 11.0. The monoisotopic (exact) mass is 891 g/mol. The Labute approximate surface area is 327 Å². The molecule has 0 N–H and O–H groups in total. The molecule has 7 heteroatoms. The molecule has 8 aromatic rings. The van der Waals surface area contributed by atoms with Crippen molar-refractivity contribution in [3.63, 3.8) is 0 Å².